The van der Waals surface area contributed by atoms with Crippen LogP contribution in [-0.4, -0.2) is 5.75 Å². The van der Waals surface area contributed by atoms with Gasteiger partial charge in [-0.3, -0.25) is 0 Å². The van der Waals surface area contributed by atoms with Crippen molar-refractivity contribution in [2.24, 2.45) is 0 Å². The fraction of sp³-hybridized carbons (Fsp3) is 0.143. The Hall–Kier alpha value is -2.77. The van der Waals surface area contributed by atoms with E-state index in [2.05, 4.69) is 118 Å². The summed E-state index contributed by atoms with van der Waals surface area (Å²) in [6.45, 7) is 10.2. The minimum Gasteiger partial charge on any atom is -0.157 e. The molecule has 0 heterocycles. The standard InChI is InChI=1S/C28H30S/c1-5-10-23(2)11-9-22-29(26-12-7-6-8-13-26,27-18-14-24(3)15-19-27)28-20-16-25(4)17-21-28/h5-21H,1,22H2,2-4H3/b11-9-,23-10-. The van der Waals surface area contributed by atoms with Crippen molar-refractivity contribution in [3.63, 3.8) is 0 Å². The summed E-state index contributed by atoms with van der Waals surface area (Å²) in [4.78, 5) is 4.18. The van der Waals surface area contributed by atoms with Crippen molar-refractivity contribution >= 4 is 10.0 Å². The van der Waals surface area contributed by atoms with Gasteiger partial charge in [-0.1, -0.05) is 90.0 Å². The van der Waals surface area contributed by atoms with Crippen molar-refractivity contribution < 1.29 is 0 Å². The van der Waals surface area contributed by atoms with Crippen LogP contribution in [0.1, 0.15) is 18.1 Å². The van der Waals surface area contributed by atoms with Crippen molar-refractivity contribution in [1.29, 1.82) is 0 Å². The predicted molar refractivity (Wildman–Crippen MR) is 129 cm³/mol. The number of allylic oxidation sites excluding steroid dienone is 4. The van der Waals surface area contributed by atoms with Crippen LogP contribution in [0.5, 0.6) is 0 Å². The van der Waals surface area contributed by atoms with Crippen LogP contribution in [0, 0.1) is 13.8 Å². The fourth-order valence-corrected chi connectivity index (χ4v) is 7.11. The maximum absolute atomic E-state index is 3.81. The molecule has 0 aliphatic heterocycles. The Morgan fingerprint density at radius 3 is 1.72 bits per heavy atom. The van der Waals surface area contributed by atoms with Crippen LogP contribution in [0.2, 0.25) is 0 Å². The summed E-state index contributed by atoms with van der Waals surface area (Å²) in [6, 6.07) is 29.2. The molecule has 0 atom stereocenters. The molecule has 0 saturated heterocycles. The Bertz CT molecular complexity index is 945. The monoisotopic (exact) mass is 398 g/mol. The second-order valence-electron chi connectivity index (χ2n) is 7.39. The van der Waals surface area contributed by atoms with Crippen LogP contribution in [0.3, 0.4) is 0 Å². The molecule has 0 fully saturated rings. The second kappa shape index (κ2) is 9.62. The lowest BCUT2D eigenvalue weighted by Gasteiger charge is -2.41. The number of hydrogen-bond acceptors (Lipinski definition) is 0. The van der Waals surface area contributed by atoms with E-state index in [1.807, 2.05) is 12.2 Å². The molecule has 0 aliphatic carbocycles. The average molecular weight is 399 g/mol. The van der Waals surface area contributed by atoms with Gasteiger partial charge in [-0.15, -0.1) is 0 Å². The maximum atomic E-state index is 3.81. The minimum atomic E-state index is -1.42. The van der Waals surface area contributed by atoms with Crippen molar-refractivity contribution in [3.05, 3.63) is 126 Å². The Balaban J connectivity index is 2.23. The lowest BCUT2D eigenvalue weighted by Crippen LogP contribution is -2.07. The highest BCUT2D eigenvalue weighted by molar-refractivity contribution is 8.34. The van der Waals surface area contributed by atoms with Crippen LogP contribution in [0.4, 0.5) is 0 Å². The SMILES string of the molecule is C=C/C=C(C)\C=C/CS(c1ccccc1)(c1ccc(C)cc1)c1ccc(C)cc1. The summed E-state index contributed by atoms with van der Waals surface area (Å²) in [6.07, 6.45) is 8.44. The van der Waals surface area contributed by atoms with Gasteiger partial charge < -0.3 is 0 Å². The van der Waals surface area contributed by atoms with Gasteiger partial charge in [0.1, 0.15) is 0 Å². The zero-order valence-electron chi connectivity index (χ0n) is 17.6. The van der Waals surface area contributed by atoms with Gasteiger partial charge in [0.25, 0.3) is 0 Å². The highest BCUT2D eigenvalue weighted by atomic mass is 32.3. The van der Waals surface area contributed by atoms with Gasteiger partial charge in [0.05, 0.1) is 0 Å². The van der Waals surface area contributed by atoms with E-state index in [-0.39, 0.29) is 0 Å². The number of hydrogen-bond donors (Lipinski definition) is 0. The van der Waals surface area contributed by atoms with E-state index in [9.17, 15) is 0 Å². The maximum Gasteiger partial charge on any atom is 0.00759 e. The Kier molecular flexibility index (Phi) is 6.95. The molecule has 148 valence electrons. The first-order chi connectivity index (χ1) is 14.1. The molecule has 0 radical (unpaired) electrons. The van der Waals surface area contributed by atoms with E-state index in [0.29, 0.717) is 0 Å². The van der Waals surface area contributed by atoms with Gasteiger partial charge in [-0.25, -0.2) is 0 Å². The van der Waals surface area contributed by atoms with Crippen molar-refractivity contribution in [3.8, 4) is 0 Å². The number of aryl methyl sites for hydroxylation is 2. The lowest BCUT2D eigenvalue weighted by atomic mass is 10.2. The second-order valence-corrected chi connectivity index (χ2v) is 10.6. The lowest BCUT2D eigenvalue weighted by molar-refractivity contribution is 1.25. The van der Waals surface area contributed by atoms with Gasteiger partial charge >= 0.3 is 0 Å². The molecular formula is C28H30S. The number of rotatable bonds is 7. The Labute approximate surface area is 177 Å². The van der Waals surface area contributed by atoms with Crippen molar-refractivity contribution in [2.75, 3.05) is 5.75 Å². The van der Waals surface area contributed by atoms with Crippen LogP contribution < -0.4 is 0 Å². The summed E-state index contributed by atoms with van der Waals surface area (Å²) in [5.41, 5.74) is 3.80. The van der Waals surface area contributed by atoms with Crippen LogP contribution in [0.25, 0.3) is 0 Å². The molecule has 0 aliphatic rings. The Morgan fingerprint density at radius 1 is 0.759 bits per heavy atom. The largest absolute Gasteiger partial charge is 0.157 e. The zero-order valence-corrected chi connectivity index (χ0v) is 18.5. The molecule has 0 amide bonds. The topological polar surface area (TPSA) is 0 Å². The quantitative estimate of drug-likeness (QED) is 0.351. The normalized spacial score (nSPS) is 12.9. The fourth-order valence-electron chi connectivity index (χ4n) is 3.51. The average Bonchev–Trinajstić information content (AvgIpc) is 2.74. The zero-order chi connectivity index (χ0) is 20.7. The van der Waals surface area contributed by atoms with E-state index < -0.39 is 10.0 Å². The van der Waals surface area contributed by atoms with E-state index >= 15 is 0 Å². The molecule has 0 unspecified atom stereocenters. The molecule has 3 aromatic carbocycles. The first-order valence-electron chi connectivity index (χ1n) is 10.0. The van der Waals surface area contributed by atoms with Gasteiger partial charge in [-0.05, 0) is 71.9 Å². The van der Waals surface area contributed by atoms with Gasteiger partial charge in [0, 0.05) is 5.75 Å². The molecule has 0 spiro atoms. The molecule has 0 bridgehead atoms. The third-order valence-corrected chi connectivity index (χ3v) is 9.02. The van der Waals surface area contributed by atoms with Crippen molar-refractivity contribution in [2.45, 2.75) is 35.5 Å². The molecule has 0 aromatic heterocycles. The highest BCUT2D eigenvalue weighted by Crippen LogP contribution is 2.68. The van der Waals surface area contributed by atoms with Crippen LogP contribution in [0.15, 0.2) is 130 Å². The van der Waals surface area contributed by atoms with Crippen LogP contribution >= 0.6 is 10.0 Å². The summed E-state index contributed by atoms with van der Waals surface area (Å²) >= 11 is 0. The highest BCUT2D eigenvalue weighted by Gasteiger charge is 2.29. The summed E-state index contributed by atoms with van der Waals surface area (Å²) < 4.78 is 0. The van der Waals surface area contributed by atoms with Crippen molar-refractivity contribution in [1.82, 2.24) is 0 Å². The molecule has 0 nitrogen and oxygen atoms in total. The summed E-state index contributed by atoms with van der Waals surface area (Å²) in [7, 11) is -1.42. The Morgan fingerprint density at radius 2 is 1.24 bits per heavy atom. The molecule has 0 N–H and O–H groups in total. The van der Waals surface area contributed by atoms with E-state index in [4.69, 9.17) is 0 Å². The predicted octanol–water partition coefficient (Wildman–Crippen LogP) is 8.27. The molecule has 0 saturated carbocycles. The molecule has 1 heteroatoms. The molecular weight excluding hydrogens is 368 g/mol. The van der Waals surface area contributed by atoms with E-state index in [1.165, 1.54) is 31.4 Å². The van der Waals surface area contributed by atoms with Gasteiger partial charge in [-0.2, -0.15) is 10.0 Å². The molecule has 29 heavy (non-hydrogen) atoms. The van der Waals surface area contributed by atoms with Gasteiger partial charge in [0.15, 0.2) is 0 Å². The molecule has 3 aromatic rings. The third kappa shape index (κ3) is 4.81. The third-order valence-electron chi connectivity index (χ3n) is 5.10. The van der Waals surface area contributed by atoms with E-state index in [1.54, 1.807) is 0 Å². The summed E-state index contributed by atoms with van der Waals surface area (Å²) in [5, 5.41) is 0. The molecule has 3 rings (SSSR count). The van der Waals surface area contributed by atoms with Gasteiger partial charge in [0.2, 0.25) is 0 Å². The smallest absolute Gasteiger partial charge is 0.00759 e. The van der Waals surface area contributed by atoms with E-state index in [0.717, 1.165) is 5.75 Å². The minimum absolute atomic E-state index is 0.964. The van der Waals surface area contributed by atoms with Crippen LogP contribution in [-0.2, 0) is 0 Å². The number of benzene rings is 3. The summed E-state index contributed by atoms with van der Waals surface area (Å²) in [5.74, 6) is 0.964. The first-order valence-corrected chi connectivity index (χ1v) is 11.8. The first kappa shape index (κ1) is 21.0.